The molecule has 1 aromatic heterocycles. The van der Waals surface area contributed by atoms with E-state index in [1.54, 1.807) is 4.98 Å². The van der Waals surface area contributed by atoms with Gasteiger partial charge in [0.05, 0.1) is 18.1 Å². The van der Waals surface area contributed by atoms with Crippen molar-refractivity contribution >= 4 is 5.69 Å². The van der Waals surface area contributed by atoms with Crippen LogP contribution < -0.4 is 15.0 Å². The van der Waals surface area contributed by atoms with Crippen LogP contribution in [0.25, 0.3) is 0 Å². The van der Waals surface area contributed by atoms with Crippen molar-refractivity contribution in [1.82, 2.24) is 4.98 Å². The van der Waals surface area contributed by atoms with Crippen LogP contribution in [-0.4, -0.2) is 23.4 Å². The van der Waals surface area contributed by atoms with Crippen LogP contribution in [0.2, 0.25) is 0 Å². The van der Waals surface area contributed by atoms with Crippen molar-refractivity contribution in [3.63, 3.8) is 0 Å². The lowest BCUT2D eigenvalue weighted by Gasteiger charge is -2.11. The van der Waals surface area contributed by atoms with Gasteiger partial charge in [-0.05, 0) is 0 Å². The van der Waals surface area contributed by atoms with Gasteiger partial charge in [0.25, 0.3) is 0 Å². The van der Waals surface area contributed by atoms with Gasteiger partial charge in [0, 0.05) is 0 Å². The Morgan fingerprint density at radius 1 is 1.47 bits per heavy atom. The highest BCUT2D eigenvalue weighted by Gasteiger charge is 2.34. The van der Waals surface area contributed by atoms with Crippen LogP contribution in [0, 0.1) is 10.1 Å². The first-order valence-electron chi connectivity index (χ1n) is 3.96. The Labute approximate surface area is 90.9 Å². The lowest BCUT2D eigenvalue weighted by molar-refractivity contribution is -0.386. The van der Waals surface area contributed by atoms with Crippen molar-refractivity contribution in [2.45, 2.75) is 6.36 Å². The summed E-state index contributed by atoms with van der Waals surface area (Å²) in [5, 5.41) is 10.3. The van der Waals surface area contributed by atoms with Gasteiger partial charge in [-0.3, -0.25) is 19.9 Å². The molecule has 0 unspecified atom stereocenters. The molecule has 1 rings (SSSR count). The minimum atomic E-state index is -5.06. The Morgan fingerprint density at radius 3 is 2.47 bits per heavy atom. The largest absolute Gasteiger partial charge is 0.573 e. The van der Waals surface area contributed by atoms with E-state index >= 15 is 0 Å². The predicted octanol–water partition coefficient (Wildman–Crippen LogP) is 1.19. The van der Waals surface area contributed by atoms with E-state index in [1.807, 2.05) is 0 Å². The Bertz CT molecular complexity index is 495. The zero-order chi connectivity index (χ0) is 13.2. The topological polar surface area (TPSA) is 94.5 Å². The fourth-order valence-electron chi connectivity index (χ4n) is 0.972. The maximum Gasteiger partial charge on any atom is 0.573 e. The number of ether oxygens (including phenoxy) is 2. The van der Waals surface area contributed by atoms with E-state index < -0.39 is 34.2 Å². The summed E-state index contributed by atoms with van der Waals surface area (Å²) in [7, 11) is 0.973. The van der Waals surface area contributed by atoms with Crippen molar-refractivity contribution < 1.29 is 27.6 Å². The molecule has 1 N–H and O–H groups in total. The molecule has 0 aliphatic heterocycles. The van der Waals surface area contributed by atoms with E-state index in [0.717, 1.165) is 7.11 Å². The molecule has 10 heteroatoms. The summed E-state index contributed by atoms with van der Waals surface area (Å²) in [4.78, 5) is 22.0. The molecule has 0 aliphatic rings. The van der Waals surface area contributed by atoms with Crippen LogP contribution in [0.5, 0.6) is 11.6 Å². The number of alkyl halides is 3. The third kappa shape index (κ3) is 3.09. The normalized spacial score (nSPS) is 11.1. The van der Waals surface area contributed by atoms with Crippen LogP contribution >= 0.6 is 0 Å². The molecule has 1 aromatic rings. The van der Waals surface area contributed by atoms with Crippen molar-refractivity contribution in [2.75, 3.05) is 7.11 Å². The molecule has 94 valence electrons. The molecule has 0 fully saturated rings. The van der Waals surface area contributed by atoms with Crippen molar-refractivity contribution in [3.05, 3.63) is 26.5 Å². The zero-order valence-corrected chi connectivity index (χ0v) is 8.20. The third-order valence-corrected chi connectivity index (χ3v) is 1.58. The van der Waals surface area contributed by atoms with Gasteiger partial charge in [0.15, 0.2) is 5.75 Å². The lowest BCUT2D eigenvalue weighted by Crippen LogP contribution is -2.20. The summed E-state index contributed by atoms with van der Waals surface area (Å²) in [5.74, 6) is -1.65. The Morgan fingerprint density at radius 2 is 2.06 bits per heavy atom. The second-order valence-electron chi connectivity index (χ2n) is 2.69. The number of methoxy groups -OCH3 is 1. The number of aromatic nitrogens is 1. The number of pyridine rings is 1. The molecule has 0 saturated heterocycles. The number of aromatic amines is 1. The number of nitrogens with zero attached hydrogens (tertiary/aromatic N) is 1. The van der Waals surface area contributed by atoms with E-state index in [0.29, 0.717) is 6.07 Å². The van der Waals surface area contributed by atoms with Gasteiger partial charge in [-0.25, -0.2) is 0 Å². The lowest BCUT2D eigenvalue weighted by atomic mass is 10.4. The Hall–Kier alpha value is -2.26. The zero-order valence-electron chi connectivity index (χ0n) is 8.20. The number of hydrogen-bond acceptors (Lipinski definition) is 5. The van der Waals surface area contributed by atoms with Gasteiger partial charge in [-0.15, -0.1) is 13.2 Å². The molecule has 0 aromatic carbocycles. The first kappa shape index (κ1) is 12.8. The molecule has 0 bridgehead atoms. The van der Waals surface area contributed by atoms with Crippen molar-refractivity contribution in [1.29, 1.82) is 0 Å². The van der Waals surface area contributed by atoms with E-state index in [9.17, 15) is 28.1 Å². The van der Waals surface area contributed by atoms with Gasteiger partial charge < -0.3 is 9.47 Å². The van der Waals surface area contributed by atoms with Gasteiger partial charge >= 0.3 is 17.6 Å². The molecule has 0 atom stereocenters. The second-order valence-corrected chi connectivity index (χ2v) is 2.69. The number of halogens is 3. The molecule has 0 aliphatic carbocycles. The molecule has 0 radical (unpaired) electrons. The molecular weight excluding hydrogens is 249 g/mol. The number of nitrogens with one attached hydrogen (secondary N) is 1. The maximum absolute atomic E-state index is 12.0. The molecule has 0 amide bonds. The third-order valence-electron chi connectivity index (χ3n) is 1.58. The van der Waals surface area contributed by atoms with E-state index in [2.05, 4.69) is 9.47 Å². The summed E-state index contributed by atoms with van der Waals surface area (Å²) in [6, 6.07) is 0.338. The molecule has 0 spiro atoms. The highest BCUT2D eigenvalue weighted by molar-refractivity contribution is 5.42. The number of rotatable bonds is 3. The molecule has 0 saturated carbocycles. The summed E-state index contributed by atoms with van der Waals surface area (Å²) >= 11 is 0. The fraction of sp³-hybridized carbons (Fsp3) is 0.286. The summed E-state index contributed by atoms with van der Waals surface area (Å²) in [5.41, 5.74) is -2.27. The summed E-state index contributed by atoms with van der Waals surface area (Å²) in [6.07, 6.45) is -5.06. The molecule has 17 heavy (non-hydrogen) atoms. The average molecular weight is 254 g/mol. The molecular formula is C7H5F3N2O5. The van der Waals surface area contributed by atoms with Gasteiger partial charge in [-0.1, -0.05) is 0 Å². The number of nitro groups is 1. The van der Waals surface area contributed by atoms with Crippen LogP contribution in [0.3, 0.4) is 0 Å². The van der Waals surface area contributed by atoms with E-state index in [-0.39, 0.29) is 0 Å². The van der Waals surface area contributed by atoms with Crippen LogP contribution in [0.15, 0.2) is 10.9 Å². The SMILES string of the molecule is COc1[nH]c(=O)c([N+](=O)[O-])cc1OC(F)(F)F. The van der Waals surface area contributed by atoms with Crippen molar-refractivity contribution in [2.24, 2.45) is 0 Å². The molecule has 1 heterocycles. The quantitative estimate of drug-likeness (QED) is 0.645. The van der Waals surface area contributed by atoms with Crippen LogP contribution in [0.4, 0.5) is 18.9 Å². The Balaban J connectivity index is 3.32. The summed E-state index contributed by atoms with van der Waals surface area (Å²) < 4.78 is 43.7. The van der Waals surface area contributed by atoms with Gasteiger partial charge in [0.1, 0.15) is 0 Å². The standard InChI is InChI=1S/C7H5F3N2O5/c1-16-6-4(17-7(8,9)10)2-3(12(14)15)5(13)11-6/h2H,1H3,(H,11,13). The van der Waals surface area contributed by atoms with Crippen molar-refractivity contribution in [3.8, 4) is 11.6 Å². The highest BCUT2D eigenvalue weighted by atomic mass is 19.4. The number of hydrogen-bond donors (Lipinski definition) is 1. The predicted molar refractivity (Wildman–Crippen MR) is 47.0 cm³/mol. The fourth-order valence-corrected chi connectivity index (χ4v) is 0.972. The first-order valence-corrected chi connectivity index (χ1v) is 3.96. The minimum Gasteiger partial charge on any atom is -0.480 e. The van der Waals surface area contributed by atoms with Gasteiger partial charge in [0.2, 0.25) is 5.88 Å². The second kappa shape index (κ2) is 4.31. The van der Waals surface area contributed by atoms with Crippen LogP contribution in [-0.2, 0) is 0 Å². The monoisotopic (exact) mass is 254 g/mol. The van der Waals surface area contributed by atoms with E-state index in [4.69, 9.17) is 0 Å². The Kier molecular flexibility index (Phi) is 3.25. The minimum absolute atomic E-state index is 0.338. The maximum atomic E-state index is 12.0. The molecule has 7 nitrogen and oxygen atoms in total. The highest BCUT2D eigenvalue weighted by Crippen LogP contribution is 2.31. The smallest absolute Gasteiger partial charge is 0.480 e. The average Bonchev–Trinajstić information content (AvgIpc) is 2.17. The first-order chi connectivity index (χ1) is 7.74. The summed E-state index contributed by atoms with van der Waals surface area (Å²) in [6.45, 7) is 0. The van der Waals surface area contributed by atoms with E-state index in [1.165, 1.54) is 0 Å². The van der Waals surface area contributed by atoms with Gasteiger partial charge in [-0.2, -0.15) is 0 Å². The number of H-pyrrole nitrogens is 1. The van der Waals surface area contributed by atoms with Crippen LogP contribution in [0.1, 0.15) is 0 Å².